The summed E-state index contributed by atoms with van der Waals surface area (Å²) >= 11 is 0. The van der Waals surface area contributed by atoms with Gasteiger partial charge in [-0.05, 0) is 43.0 Å². The van der Waals surface area contributed by atoms with Gasteiger partial charge in [-0.1, -0.05) is 12.1 Å². The van der Waals surface area contributed by atoms with Crippen molar-refractivity contribution in [3.63, 3.8) is 0 Å². The van der Waals surface area contributed by atoms with Crippen LogP contribution in [0.5, 0.6) is 0 Å². The molecule has 1 N–H and O–H groups in total. The number of carboxylic acid groups (broad SMARTS) is 1. The first kappa shape index (κ1) is 16.2. The number of aromatic nitrogens is 2. The van der Waals surface area contributed by atoms with E-state index in [9.17, 15) is 9.59 Å². The molecule has 1 fully saturated rings. The van der Waals surface area contributed by atoms with Crippen LogP contribution >= 0.6 is 0 Å². The van der Waals surface area contributed by atoms with Gasteiger partial charge >= 0.3 is 5.97 Å². The topological polar surface area (TPSA) is 75.4 Å². The number of benzene rings is 1. The van der Waals surface area contributed by atoms with E-state index in [4.69, 9.17) is 5.11 Å². The third-order valence-electron chi connectivity index (χ3n) is 4.44. The molecule has 1 aromatic heterocycles. The molecule has 6 heteroatoms. The number of aromatic carboxylic acids is 1. The summed E-state index contributed by atoms with van der Waals surface area (Å²) in [6, 6.07) is 7.03. The fourth-order valence-corrected chi connectivity index (χ4v) is 3.19. The lowest BCUT2D eigenvalue weighted by Gasteiger charge is -2.33. The van der Waals surface area contributed by atoms with Gasteiger partial charge in [-0.15, -0.1) is 0 Å². The molecule has 6 nitrogen and oxygen atoms in total. The average molecular weight is 327 g/mol. The van der Waals surface area contributed by atoms with Gasteiger partial charge in [-0.2, -0.15) is 5.10 Å². The Morgan fingerprint density at radius 1 is 1.38 bits per heavy atom. The molecule has 2 heterocycles. The van der Waals surface area contributed by atoms with E-state index in [1.807, 2.05) is 24.1 Å². The zero-order chi connectivity index (χ0) is 17.1. The van der Waals surface area contributed by atoms with E-state index in [2.05, 4.69) is 5.10 Å². The normalized spacial score (nSPS) is 17.7. The van der Waals surface area contributed by atoms with Crippen LogP contribution in [0.15, 0.2) is 36.7 Å². The monoisotopic (exact) mass is 327 g/mol. The van der Waals surface area contributed by atoms with Crippen LogP contribution in [-0.2, 0) is 11.3 Å². The molecule has 1 unspecified atom stereocenters. The average Bonchev–Trinajstić information content (AvgIpc) is 3.00. The first-order valence-corrected chi connectivity index (χ1v) is 8.13. The van der Waals surface area contributed by atoms with E-state index < -0.39 is 5.97 Å². The molecule has 1 atom stereocenters. The van der Waals surface area contributed by atoms with Crippen LogP contribution in [0.25, 0.3) is 0 Å². The molecular formula is C18H21N3O3. The molecule has 0 bridgehead atoms. The zero-order valence-electron chi connectivity index (χ0n) is 13.7. The minimum Gasteiger partial charge on any atom is -0.478 e. The number of rotatable bonds is 4. The number of nitrogens with zero attached hydrogens (tertiary/aromatic N) is 3. The van der Waals surface area contributed by atoms with Crippen LogP contribution in [0.2, 0.25) is 0 Å². The molecule has 0 aliphatic carbocycles. The van der Waals surface area contributed by atoms with Gasteiger partial charge in [0.1, 0.15) is 6.54 Å². The maximum atomic E-state index is 12.5. The van der Waals surface area contributed by atoms with Gasteiger partial charge in [0.05, 0.1) is 11.8 Å². The van der Waals surface area contributed by atoms with Crippen molar-refractivity contribution >= 4 is 11.9 Å². The zero-order valence-corrected chi connectivity index (χ0v) is 13.7. The maximum Gasteiger partial charge on any atom is 0.335 e. The van der Waals surface area contributed by atoms with Crippen molar-refractivity contribution in [3.8, 4) is 0 Å². The summed E-state index contributed by atoms with van der Waals surface area (Å²) in [4.78, 5) is 25.5. The highest BCUT2D eigenvalue weighted by atomic mass is 16.4. The lowest BCUT2D eigenvalue weighted by Crippen LogP contribution is -2.40. The summed E-state index contributed by atoms with van der Waals surface area (Å²) in [5.41, 5.74) is 2.31. The molecule has 0 saturated carbocycles. The SMILES string of the molecule is Cc1cnn(CC(=O)N2CCCC(c3cccc(C(=O)O)c3)C2)c1. The van der Waals surface area contributed by atoms with Crippen molar-refractivity contribution in [2.24, 2.45) is 0 Å². The quantitative estimate of drug-likeness (QED) is 0.935. The van der Waals surface area contributed by atoms with Crippen molar-refractivity contribution in [2.45, 2.75) is 32.2 Å². The highest BCUT2D eigenvalue weighted by molar-refractivity contribution is 5.87. The summed E-state index contributed by atoms with van der Waals surface area (Å²) in [6.07, 6.45) is 5.49. The number of hydrogen-bond acceptors (Lipinski definition) is 3. The van der Waals surface area contributed by atoms with Gasteiger partial charge in [0.25, 0.3) is 0 Å². The van der Waals surface area contributed by atoms with Gasteiger partial charge < -0.3 is 10.0 Å². The number of hydrogen-bond donors (Lipinski definition) is 1. The molecule has 1 aliphatic rings. The second kappa shape index (κ2) is 6.86. The molecule has 0 spiro atoms. The molecule has 126 valence electrons. The molecule has 1 aliphatic heterocycles. The number of aryl methyl sites for hydroxylation is 1. The second-order valence-corrected chi connectivity index (χ2v) is 6.32. The minimum absolute atomic E-state index is 0.0530. The molecule has 1 saturated heterocycles. The van der Waals surface area contributed by atoms with Crippen molar-refractivity contribution < 1.29 is 14.7 Å². The van der Waals surface area contributed by atoms with Crippen LogP contribution in [0.3, 0.4) is 0 Å². The molecule has 0 radical (unpaired) electrons. The lowest BCUT2D eigenvalue weighted by atomic mass is 9.89. The van der Waals surface area contributed by atoms with Crippen molar-refractivity contribution in [2.75, 3.05) is 13.1 Å². The van der Waals surface area contributed by atoms with Crippen LogP contribution in [0.4, 0.5) is 0 Å². The van der Waals surface area contributed by atoms with Crippen LogP contribution in [-0.4, -0.2) is 44.8 Å². The predicted molar refractivity (Wildman–Crippen MR) is 88.9 cm³/mol. The summed E-state index contributed by atoms with van der Waals surface area (Å²) in [7, 11) is 0. The van der Waals surface area contributed by atoms with Gasteiger partial charge in [0.2, 0.25) is 5.91 Å². The Morgan fingerprint density at radius 2 is 2.21 bits per heavy atom. The number of carboxylic acids is 1. The fourth-order valence-electron chi connectivity index (χ4n) is 3.19. The van der Waals surface area contributed by atoms with Crippen LogP contribution < -0.4 is 0 Å². The van der Waals surface area contributed by atoms with E-state index in [0.717, 1.165) is 30.5 Å². The first-order valence-electron chi connectivity index (χ1n) is 8.13. The van der Waals surface area contributed by atoms with Gasteiger partial charge in [0, 0.05) is 25.2 Å². The highest BCUT2D eigenvalue weighted by Crippen LogP contribution is 2.27. The van der Waals surface area contributed by atoms with Crippen molar-refractivity contribution in [3.05, 3.63) is 53.3 Å². The molecule has 3 rings (SSSR count). The summed E-state index contributed by atoms with van der Waals surface area (Å²) in [6.45, 7) is 3.56. The summed E-state index contributed by atoms with van der Waals surface area (Å²) < 4.78 is 1.66. The van der Waals surface area contributed by atoms with Crippen molar-refractivity contribution in [1.82, 2.24) is 14.7 Å². The van der Waals surface area contributed by atoms with Crippen molar-refractivity contribution in [1.29, 1.82) is 0 Å². The third-order valence-corrected chi connectivity index (χ3v) is 4.44. The van der Waals surface area contributed by atoms with Crippen LogP contribution in [0, 0.1) is 6.92 Å². The van der Waals surface area contributed by atoms with E-state index in [0.29, 0.717) is 12.1 Å². The Hall–Kier alpha value is -2.63. The second-order valence-electron chi connectivity index (χ2n) is 6.32. The molecule has 2 aromatic rings. The Kier molecular flexibility index (Phi) is 4.64. The number of carbonyl (C=O) groups is 2. The minimum atomic E-state index is -0.922. The maximum absolute atomic E-state index is 12.5. The fraction of sp³-hybridized carbons (Fsp3) is 0.389. The standard InChI is InChI=1S/C18H21N3O3/c1-13-9-19-21(10-13)12-17(22)20-7-3-6-16(11-20)14-4-2-5-15(8-14)18(23)24/h2,4-5,8-10,16H,3,6-7,11-12H2,1H3,(H,23,24). The first-order chi connectivity index (χ1) is 11.5. The predicted octanol–water partition coefficient (Wildman–Crippen LogP) is 2.30. The number of amides is 1. The molecule has 1 aromatic carbocycles. The number of likely N-dealkylation sites (tertiary alicyclic amines) is 1. The highest BCUT2D eigenvalue weighted by Gasteiger charge is 2.25. The van der Waals surface area contributed by atoms with E-state index in [1.54, 1.807) is 29.1 Å². The van der Waals surface area contributed by atoms with Gasteiger partial charge in [-0.25, -0.2) is 4.79 Å². The van der Waals surface area contributed by atoms with Gasteiger partial charge in [-0.3, -0.25) is 9.48 Å². The van der Waals surface area contributed by atoms with Crippen LogP contribution in [0.1, 0.15) is 40.2 Å². The largest absolute Gasteiger partial charge is 0.478 e. The van der Waals surface area contributed by atoms with E-state index in [1.165, 1.54) is 0 Å². The molecular weight excluding hydrogens is 306 g/mol. The van der Waals surface area contributed by atoms with E-state index in [-0.39, 0.29) is 18.4 Å². The lowest BCUT2D eigenvalue weighted by molar-refractivity contribution is -0.133. The Balaban J connectivity index is 1.68. The number of carbonyl (C=O) groups excluding carboxylic acids is 1. The Bertz CT molecular complexity index is 753. The Labute approximate surface area is 140 Å². The summed E-state index contributed by atoms with van der Waals surface area (Å²) in [5, 5.41) is 13.3. The molecule has 24 heavy (non-hydrogen) atoms. The number of piperidine rings is 1. The smallest absolute Gasteiger partial charge is 0.335 e. The Morgan fingerprint density at radius 3 is 2.92 bits per heavy atom. The summed E-state index contributed by atoms with van der Waals surface area (Å²) in [5.74, 6) is -0.687. The van der Waals surface area contributed by atoms with E-state index >= 15 is 0 Å². The van der Waals surface area contributed by atoms with Gasteiger partial charge in [0.15, 0.2) is 0 Å². The molecule has 1 amide bonds. The third kappa shape index (κ3) is 3.64.